The van der Waals surface area contributed by atoms with Crippen LogP contribution in [0.1, 0.15) is 45.4 Å². The number of likely N-dealkylation sites (N-methyl/N-ethyl adjacent to an activating group) is 1. The standard InChI is InChI=1S/C21H34N6O/c1-2-25-10-12-26(13-11-25)21(28)8-5-17-4-3-9-27(15-17)20-14-19(22-16-23-20)24-18-6-7-18/h14,16-18H,2-13,15H2,1H3,(H,22,23,24). The van der Waals surface area contributed by atoms with E-state index in [0.29, 0.717) is 24.3 Å². The molecule has 3 fully saturated rings. The zero-order chi connectivity index (χ0) is 19.3. The molecule has 7 nitrogen and oxygen atoms in total. The van der Waals surface area contributed by atoms with Crippen molar-refractivity contribution < 1.29 is 4.79 Å². The van der Waals surface area contributed by atoms with E-state index in [0.717, 1.165) is 63.9 Å². The highest BCUT2D eigenvalue weighted by Gasteiger charge is 2.25. The van der Waals surface area contributed by atoms with Crippen molar-refractivity contribution in [1.29, 1.82) is 0 Å². The van der Waals surface area contributed by atoms with Gasteiger partial charge in [0.15, 0.2) is 0 Å². The highest BCUT2D eigenvalue weighted by Crippen LogP contribution is 2.28. The lowest BCUT2D eigenvalue weighted by Crippen LogP contribution is -2.48. The molecule has 0 aromatic carbocycles. The second kappa shape index (κ2) is 9.07. The Hall–Kier alpha value is -1.89. The first-order valence-electron chi connectivity index (χ1n) is 11.0. The molecule has 1 atom stereocenters. The van der Waals surface area contributed by atoms with Gasteiger partial charge in [0, 0.05) is 57.8 Å². The Morgan fingerprint density at radius 2 is 1.96 bits per heavy atom. The van der Waals surface area contributed by atoms with Crippen LogP contribution < -0.4 is 10.2 Å². The molecule has 1 N–H and O–H groups in total. The molecular weight excluding hydrogens is 352 g/mol. The third-order valence-electron chi connectivity index (χ3n) is 6.36. The van der Waals surface area contributed by atoms with Gasteiger partial charge in [-0.15, -0.1) is 0 Å². The number of piperazine rings is 1. The molecule has 0 radical (unpaired) electrons. The Balaban J connectivity index is 1.25. The van der Waals surface area contributed by atoms with Gasteiger partial charge in [0.2, 0.25) is 5.91 Å². The van der Waals surface area contributed by atoms with E-state index in [9.17, 15) is 4.79 Å². The predicted molar refractivity (Wildman–Crippen MR) is 112 cm³/mol. The topological polar surface area (TPSA) is 64.6 Å². The SMILES string of the molecule is CCN1CCN(C(=O)CCC2CCCN(c3cc(NC4CC4)ncn3)C2)CC1. The van der Waals surface area contributed by atoms with Gasteiger partial charge >= 0.3 is 0 Å². The van der Waals surface area contributed by atoms with Crippen molar-refractivity contribution in [2.24, 2.45) is 5.92 Å². The van der Waals surface area contributed by atoms with Crippen molar-refractivity contribution in [2.75, 3.05) is 56.0 Å². The van der Waals surface area contributed by atoms with Gasteiger partial charge in [0.25, 0.3) is 0 Å². The number of amides is 1. The van der Waals surface area contributed by atoms with Gasteiger partial charge in [-0.25, -0.2) is 9.97 Å². The average Bonchev–Trinajstić information content (AvgIpc) is 3.56. The third kappa shape index (κ3) is 5.13. The van der Waals surface area contributed by atoms with Crippen LogP contribution in [-0.4, -0.2) is 77.5 Å². The quantitative estimate of drug-likeness (QED) is 0.775. The molecular formula is C21H34N6O. The molecule has 0 spiro atoms. The minimum atomic E-state index is 0.339. The second-order valence-electron chi connectivity index (χ2n) is 8.49. The summed E-state index contributed by atoms with van der Waals surface area (Å²) in [5.74, 6) is 2.87. The van der Waals surface area contributed by atoms with Gasteiger partial charge in [-0.1, -0.05) is 6.92 Å². The molecule has 2 saturated heterocycles. The van der Waals surface area contributed by atoms with E-state index in [4.69, 9.17) is 0 Å². The van der Waals surface area contributed by atoms with Crippen LogP contribution in [0.3, 0.4) is 0 Å². The van der Waals surface area contributed by atoms with Crippen molar-refractivity contribution in [1.82, 2.24) is 19.8 Å². The summed E-state index contributed by atoms with van der Waals surface area (Å²) in [6.07, 6.45) is 8.21. The molecule has 2 aliphatic heterocycles. The predicted octanol–water partition coefficient (Wildman–Crippen LogP) is 2.21. The van der Waals surface area contributed by atoms with Gasteiger partial charge in [0.1, 0.15) is 18.0 Å². The number of anilines is 2. The Labute approximate surface area is 168 Å². The molecule has 3 heterocycles. The van der Waals surface area contributed by atoms with E-state index in [1.165, 1.54) is 25.7 Å². The molecule has 154 valence electrons. The van der Waals surface area contributed by atoms with Crippen LogP contribution in [0.2, 0.25) is 0 Å². The molecule has 7 heteroatoms. The maximum atomic E-state index is 12.6. The monoisotopic (exact) mass is 386 g/mol. The highest BCUT2D eigenvalue weighted by atomic mass is 16.2. The largest absolute Gasteiger partial charge is 0.367 e. The summed E-state index contributed by atoms with van der Waals surface area (Å²) in [5, 5.41) is 3.46. The summed E-state index contributed by atoms with van der Waals surface area (Å²) in [6.45, 7) is 9.13. The molecule has 28 heavy (non-hydrogen) atoms. The van der Waals surface area contributed by atoms with Crippen molar-refractivity contribution in [2.45, 2.75) is 51.5 Å². The lowest BCUT2D eigenvalue weighted by molar-refractivity contribution is -0.133. The molecule has 0 bridgehead atoms. The maximum absolute atomic E-state index is 12.6. The minimum absolute atomic E-state index is 0.339. The average molecular weight is 387 g/mol. The first-order chi connectivity index (χ1) is 13.7. The highest BCUT2D eigenvalue weighted by molar-refractivity contribution is 5.76. The van der Waals surface area contributed by atoms with Gasteiger partial charge in [-0.05, 0) is 44.6 Å². The van der Waals surface area contributed by atoms with Crippen molar-refractivity contribution >= 4 is 17.5 Å². The Bertz CT molecular complexity index is 656. The van der Waals surface area contributed by atoms with Gasteiger partial charge in [-0.2, -0.15) is 0 Å². The van der Waals surface area contributed by atoms with Crippen LogP contribution in [0.15, 0.2) is 12.4 Å². The third-order valence-corrected chi connectivity index (χ3v) is 6.36. The van der Waals surface area contributed by atoms with Gasteiger partial charge in [-0.3, -0.25) is 4.79 Å². The molecule has 1 aliphatic carbocycles. The molecule has 1 saturated carbocycles. The van der Waals surface area contributed by atoms with E-state index in [1.54, 1.807) is 6.33 Å². The number of hydrogen-bond donors (Lipinski definition) is 1. The van der Waals surface area contributed by atoms with Gasteiger partial charge < -0.3 is 20.0 Å². The molecule has 3 aliphatic rings. The number of carbonyl (C=O) groups is 1. The lowest BCUT2D eigenvalue weighted by atomic mass is 9.93. The summed E-state index contributed by atoms with van der Waals surface area (Å²) < 4.78 is 0. The Morgan fingerprint density at radius 3 is 2.71 bits per heavy atom. The number of aromatic nitrogens is 2. The van der Waals surface area contributed by atoms with Crippen LogP contribution in [0, 0.1) is 5.92 Å². The molecule has 4 rings (SSSR count). The zero-order valence-corrected chi connectivity index (χ0v) is 17.1. The fraction of sp³-hybridized carbons (Fsp3) is 0.762. The van der Waals surface area contributed by atoms with Crippen LogP contribution in [-0.2, 0) is 4.79 Å². The normalized spacial score (nSPS) is 23.7. The Kier molecular flexibility index (Phi) is 6.29. The van der Waals surface area contributed by atoms with Crippen molar-refractivity contribution in [3.05, 3.63) is 12.4 Å². The fourth-order valence-electron chi connectivity index (χ4n) is 4.34. The number of nitrogens with one attached hydrogen (secondary N) is 1. The molecule has 1 amide bonds. The Morgan fingerprint density at radius 1 is 1.14 bits per heavy atom. The van der Waals surface area contributed by atoms with Crippen molar-refractivity contribution in [3.8, 4) is 0 Å². The summed E-state index contributed by atoms with van der Waals surface area (Å²) >= 11 is 0. The molecule has 1 aromatic rings. The number of carbonyl (C=O) groups excluding carboxylic acids is 1. The first-order valence-corrected chi connectivity index (χ1v) is 11.0. The molecule has 1 unspecified atom stereocenters. The number of hydrogen-bond acceptors (Lipinski definition) is 6. The number of rotatable bonds is 7. The van der Waals surface area contributed by atoms with Crippen LogP contribution in [0.25, 0.3) is 0 Å². The number of nitrogens with zero attached hydrogens (tertiary/aromatic N) is 5. The fourth-order valence-corrected chi connectivity index (χ4v) is 4.34. The minimum Gasteiger partial charge on any atom is -0.367 e. The van der Waals surface area contributed by atoms with E-state index in [1.807, 2.05) is 0 Å². The van der Waals surface area contributed by atoms with E-state index in [-0.39, 0.29) is 0 Å². The zero-order valence-electron chi connectivity index (χ0n) is 17.1. The summed E-state index contributed by atoms with van der Waals surface area (Å²) in [5.41, 5.74) is 0. The first kappa shape index (κ1) is 19.4. The maximum Gasteiger partial charge on any atom is 0.222 e. The molecule has 1 aromatic heterocycles. The summed E-state index contributed by atoms with van der Waals surface area (Å²) in [4.78, 5) is 28.3. The number of piperidine rings is 1. The smallest absolute Gasteiger partial charge is 0.222 e. The van der Waals surface area contributed by atoms with Crippen LogP contribution in [0.4, 0.5) is 11.6 Å². The second-order valence-corrected chi connectivity index (χ2v) is 8.49. The van der Waals surface area contributed by atoms with E-state index in [2.05, 4.69) is 43.0 Å². The van der Waals surface area contributed by atoms with Crippen molar-refractivity contribution in [3.63, 3.8) is 0 Å². The summed E-state index contributed by atoms with van der Waals surface area (Å²) in [7, 11) is 0. The van der Waals surface area contributed by atoms with Crippen LogP contribution in [0.5, 0.6) is 0 Å². The summed E-state index contributed by atoms with van der Waals surface area (Å²) in [6, 6.07) is 2.68. The van der Waals surface area contributed by atoms with Gasteiger partial charge in [0.05, 0.1) is 0 Å². The van der Waals surface area contributed by atoms with Crippen LogP contribution >= 0.6 is 0 Å². The van der Waals surface area contributed by atoms with E-state index < -0.39 is 0 Å². The van der Waals surface area contributed by atoms with E-state index >= 15 is 0 Å². The lowest BCUT2D eigenvalue weighted by Gasteiger charge is -2.35.